The number of rotatable bonds is 7. The van der Waals surface area contributed by atoms with Crippen LogP contribution in [0.5, 0.6) is 0 Å². The summed E-state index contributed by atoms with van der Waals surface area (Å²) in [4.78, 5) is 46.3. The fourth-order valence-electron chi connectivity index (χ4n) is 2.22. The molecule has 8 nitrogen and oxygen atoms in total. The van der Waals surface area contributed by atoms with Gasteiger partial charge in [-0.3, -0.25) is 19.7 Å². The zero-order valence-electron chi connectivity index (χ0n) is 14.4. The Balaban J connectivity index is 2.83. The van der Waals surface area contributed by atoms with E-state index in [0.717, 1.165) is 5.56 Å². The smallest absolute Gasteiger partial charge is 0.318 e. The van der Waals surface area contributed by atoms with E-state index in [4.69, 9.17) is 10.5 Å². The van der Waals surface area contributed by atoms with Crippen LogP contribution >= 0.6 is 0 Å². The van der Waals surface area contributed by atoms with Crippen LogP contribution in [0.4, 0.5) is 4.79 Å². The van der Waals surface area contributed by atoms with Gasteiger partial charge in [0.2, 0.25) is 5.91 Å². The van der Waals surface area contributed by atoms with E-state index in [2.05, 4.69) is 5.32 Å². The molecule has 0 unspecified atom stereocenters. The molecule has 0 aliphatic rings. The topological polar surface area (TPSA) is 128 Å². The first-order chi connectivity index (χ1) is 11.7. The summed E-state index contributed by atoms with van der Waals surface area (Å²) in [5, 5.41) is 4.58. The Labute approximate surface area is 146 Å². The van der Waals surface area contributed by atoms with Crippen LogP contribution < -0.4 is 16.4 Å². The van der Waals surface area contributed by atoms with Gasteiger partial charge in [0.05, 0.1) is 12.5 Å². The van der Waals surface area contributed by atoms with E-state index in [1.807, 2.05) is 11.4 Å². The number of esters is 1. The maximum absolute atomic E-state index is 12.2. The molecule has 25 heavy (non-hydrogen) atoms. The highest BCUT2D eigenvalue weighted by Gasteiger charge is 2.28. The second-order valence-electron chi connectivity index (χ2n) is 5.88. The van der Waals surface area contributed by atoms with Crippen LogP contribution in [0.3, 0.4) is 0 Å². The maximum Gasteiger partial charge on any atom is 0.318 e. The number of nitrogens with two attached hydrogens (primary N) is 1. The third-order valence-corrected chi connectivity index (χ3v) is 3.32. The number of hydrogen-bond acceptors (Lipinski definition) is 5. The highest BCUT2D eigenvalue weighted by Crippen LogP contribution is 2.18. The first-order valence-corrected chi connectivity index (χ1v) is 7.82. The van der Waals surface area contributed by atoms with Crippen LogP contribution in [0.25, 0.3) is 0 Å². The number of nitrogens with one attached hydrogen (secondary N) is 2. The van der Waals surface area contributed by atoms with Gasteiger partial charge in [-0.2, -0.15) is 0 Å². The van der Waals surface area contributed by atoms with E-state index in [0.29, 0.717) is 0 Å². The first-order valence-electron chi connectivity index (χ1n) is 7.82. The number of benzene rings is 1. The lowest BCUT2D eigenvalue weighted by molar-refractivity contribution is -0.158. The third-order valence-electron chi connectivity index (χ3n) is 3.32. The molecule has 2 atom stereocenters. The van der Waals surface area contributed by atoms with Gasteiger partial charge >= 0.3 is 12.0 Å². The summed E-state index contributed by atoms with van der Waals surface area (Å²) in [6.07, 6.45) is -1.31. The molecule has 8 heteroatoms. The van der Waals surface area contributed by atoms with Gasteiger partial charge in [-0.1, -0.05) is 44.2 Å². The Hall–Kier alpha value is -2.90. The van der Waals surface area contributed by atoms with Gasteiger partial charge in [-0.05, 0) is 11.5 Å². The molecule has 0 spiro atoms. The van der Waals surface area contributed by atoms with E-state index in [-0.39, 0.29) is 18.2 Å². The normalized spacial score (nSPS) is 12.8. The number of carbonyl (C=O) groups excluding carboxylic acids is 4. The van der Waals surface area contributed by atoms with E-state index < -0.39 is 30.1 Å². The van der Waals surface area contributed by atoms with Crippen molar-refractivity contribution in [3.05, 3.63) is 35.9 Å². The predicted molar refractivity (Wildman–Crippen MR) is 90.1 cm³/mol. The van der Waals surface area contributed by atoms with Crippen molar-refractivity contribution >= 4 is 23.8 Å². The molecule has 0 fully saturated rings. The minimum absolute atomic E-state index is 0.156. The van der Waals surface area contributed by atoms with Gasteiger partial charge in [0, 0.05) is 6.92 Å². The average molecular weight is 349 g/mol. The fraction of sp³-hybridized carbons (Fsp3) is 0.412. The zero-order valence-corrected chi connectivity index (χ0v) is 14.4. The Morgan fingerprint density at radius 3 is 2.20 bits per heavy atom. The van der Waals surface area contributed by atoms with E-state index in [9.17, 15) is 19.2 Å². The summed E-state index contributed by atoms with van der Waals surface area (Å²) in [5.41, 5.74) is 5.65. The van der Waals surface area contributed by atoms with Gasteiger partial charge in [0.25, 0.3) is 5.91 Å². The van der Waals surface area contributed by atoms with Crippen LogP contribution in [0.15, 0.2) is 30.3 Å². The molecule has 0 heterocycles. The highest BCUT2D eigenvalue weighted by atomic mass is 16.5. The molecule has 136 valence electrons. The fourth-order valence-corrected chi connectivity index (χ4v) is 2.22. The Bertz CT molecular complexity index is 630. The molecule has 0 radical (unpaired) electrons. The maximum atomic E-state index is 12.2. The van der Waals surface area contributed by atoms with E-state index >= 15 is 0 Å². The molecule has 1 aromatic carbocycles. The van der Waals surface area contributed by atoms with Gasteiger partial charge in [-0.25, -0.2) is 4.79 Å². The standard InChI is InChI=1S/C17H23N3O5/c1-10(2)15(16(23)20-17(18)24)25-14(22)9-13(19-11(3)21)12-7-5-4-6-8-12/h4-8,10,13,15H,9H2,1-3H3,(H,19,21)(H3,18,20,23,24)/t13-,15+/m1/s1. The van der Waals surface area contributed by atoms with Crippen molar-refractivity contribution in [2.45, 2.75) is 39.3 Å². The number of ether oxygens (including phenoxy) is 1. The summed E-state index contributed by atoms with van der Waals surface area (Å²) in [7, 11) is 0. The molecule has 4 amide bonds. The number of hydrogen-bond donors (Lipinski definition) is 3. The molecule has 4 N–H and O–H groups in total. The lowest BCUT2D eigenvalue weighted by Crippen LogP contribution is -2.45. The lowest BCUT2D eigenvalue weighted by Gasteiger charge is -2.22. The van der Waals surface area contributed by atoms with Crippen molar-refractivity contribution in [3.8, 4) is 0 Å². The van der Waals surface area contributed by atoms with Crippen molar-refractivity contribution in [1.82, 2.24) is 10.6 Å². The monoisotopic (exact) mass is 349 g/mol. The van der Waals surface area contributed by atoms with Gasteiger partial charge in [0.1, 0.15) is 0 Å². The molecular weight excluding hydrogens is 326 g/mol. The predicted octanol–water partition coefficient (Wildman–Crippen LogP) is 1.02. The SMILES string of the molecule is CC(=O)N[C@H](CC(=O)O[C@H](C(=O)NC(N)=O)C(C)C)c1ccccc1. The Kier molecular flexibility index (Phi) is 7.58. The Morgan fingerprint density at radius 1 is 1.12 bits per heavy atom. The summed E-state index contributed by atoms with van der Waals surface area (Å²) in [6, 6.07) is 7.32. The summed E-state index contributed by atoms with van der Waals surface area (Å²) in [6.45, 7) is 4.68. The molecular formula is C17H23N3O5. The van der Waals surface area contributed by atoms with Crippen LogP contribution in [0, 0.1) is 5.92 Å². The molecule has 1 aromatic rings. The molecule has 0 aliphatic heterocycles. The average Bonchev–Trinajstić information content (AvgIpc) is 2.51. The Morgan fingerprint density at radius 2 is 1.72 bits per heavy atom. The molecule has 1 rings (SSSR count). The third kappa shape index (κ3) is 7.03. The summed E-state index contributed by atoms with van der Waals surface area (Å²) < 4.78 is 5.20. The second-order valence-corrected chi connectivity index (χ2v) is 5.88. The quantitative estimate of drug-likeness (QED) is 0.633. The molecule has 0 saturated heterocycles. The van der Waals surface area contributed by atoms with Crippen LogP contribution in [0.1, 0.15) is 38.8 Å². The molecule has 0 saturated carbocycles. The van der Waals surface area contributed by atoms with E-state index in [1.54, 1.807) is 38.1 Å². The first kappa shape index (κ1) is 20.1. The van der Waals surface area contributed by atoms with Crippen molar-refractivity contribution in [3.63, 3.8) is 0 Å². The summed E-state index contributed by atoms with van der Waals surface area (Å²) in [5.74, 6) is -2.12. The van der Waals surface area contributed by atoms with Gasteiger partial charge in [-0.15, -0.1) is 0 Å². The lowest BCUT2D eigenvalue weighted by atomic mass is 10.0. The van der Waals surface area contributed by atoms with Crippen molar-refractivity contribution in [2.24, 2.45) is 11.7 Å². The largest absolute Gasteiger partial charge is 0.452 e. The van der Waals surface area contributed by atoms with Gasteiger partial charge < -0.3 is 15.8 Å². The molecule has 0 bridgehead atoms. The van der Waals surface area contributed by atoms with Crippen molar-refractivity contribution in [2.75, 3.05) is 0 Å². The van der Waals surface area contributed by atoms with Gasteiger partial charge in [0.15, 0.2) is 6.10 Å². The minimum atomic E-state index is -1.16. The van der Waals surface area contributed by atoms with Crippen molar-refractivity contribution in [1.29, 1.82) is 0 Å². The molecule has 0 aliphatic carbocycles. The highest BCUT2D eigenvalue weighted by molar-refractivity contribution is 5.96. The van der Waals surface area contributed by atoms with E-state index in [1.165, 1.54) is 6.92 Å². The van der Waals surface area contributed by atoms with Crippen LogP contribution in [0.2, 0.25) is 0 Å². The minimum Gasteiger partial charge on any atom is -0.452 e. The number of primary amides is 1. The number of carbonyl (C=O) groups is 4. The van der Waals surface area contributed by atoms with Crippen LogP contribution in [-0.2, 0) is 19.1 Å². The van der Waals surface area contributed by atoms with Crippen molar-refractivity contribution < 1.29 is 23.9 Å². The molecule has 0 aromatic heterocycles. The number of urea groups is 1. The number of imide groups is 1. The number of amides is 4. The van der Waals surface area contributed by atoms with Crippen LogP contribution in [-0.4, -0.2) is 29.9 Å². The second kappa shape index (κ2) is 9.41. The zero-order chi connectivity index (χ0) is 19.0. The summed E-state index contributed by atoms with van der Waals surface area (Å²) >= 11 is 0.